The lowest BCUT2D eigenvalue weighted by atomic mass is 10.1. The van der Waals surface area contributed by atoms with Gasteiger partial charge in [0, 0.05) is 26.8 Å². The Bertz CT molecular complexity index is 958. The van der Waals surface area contributed by atoms with Gasteiger partial charge in [-0.15, -0.1) is 0 Å². The number of fused-ring (bicyclic) bond motifs is 1. The SMILES string of the molecule is Cn1c(=O)c2cc(C(=O)N3CCC=C(F)C3)cnc2n(C)c1=O. The van der Waals surface area contributed by atoms with Gasteiger partial charge >= 0.3 is 5.69 Å². The maximum absolute atomic E-state index is 13.3. The quantitative estimate of drug-likeness (QED) is 0.759. The fourth-order valence-electron chi connectivity index (χ4n) is 2.64. The summed E-state index contributed by atoms with van der Waals surface area (Å²) in [5, 5.41) is 0.175. The van der Waals surface area contributed by atoms with Crippen LogP contribution in [0.25, 0.3) is 11.0 Å². The van der Waals surface area contributed by atoms with E-state index >= 15 is 0 Å². The molecule has 2 aromatic rings. The molecule has 0 aromatic carbocycles. The van der Waals surface area contributed by atoms with E-state index in [0.717, 1.165) is 4.57 Å². The second-order valence-corrected chi connectivity index (χ2v) is 5.47. The Labute approximate surface area is 130 Å². The van der Waals surface area contributed by atoms with Crippen molar-refractivity contribution < 1.29 is 9.18 Å². The zero-order valence-electron chi connectivity index (χ0n) is 12.7. The highest BCUT2D eigenvalue weighted by atomic mass is 19.1. The molecule has 0 saturated heterocycles. The molecule has 0 unspecified atom stereocenters. The lowest BCUT2D eigenvalue weighted by Crippen LogP contribution is -2.38. The molecular formula is C15H15FN4O3. The van der Waals surface area contributed by atoms with E-state index in [9.17, 15) is 18.8 Å². The lowest BCUT2D eigenvalue weighted by Gasteiger charge is -2.24. The Morgan fingerprint density at radius 2 is 2.00 bits per heavy atom. The number of pyridine rings is 1. The molecule has 3 rings (SSSR count). The summed E-state index contributed by atoms with van der Waals surface area (Å²) in [6, 6.07) is 1.41. The van der Waals surface area contributed by atoms with Crippen molar-refractivity contribution in [3.63, 3.8) is 0 Å². The highest BCUT2D eigenvalue weighted by molar-refractivity contribution is 5.97. The minimum atomic E-state index is -0.519. The molecule has 1 aliphatic heterocycles. The zero-order chi connectivity index (χ0) is 16.7. The summed E-state index contributed by atoms with van der Waals surface area (Å²) >= 11 is 0. The molecular weight excluding hydrogens is 303 g/mol. The number of carbonyl (C=O) groups is 1. The van der Waals surface area contributed by atoms with Gasteiger partial charge in [-0.2, -0.15) is 0 Å². The zero-order valence-corrected chi connectivity index (χ0v) is 12.7. The summed E-state index contributed by atoms with van der Waals surface area (Å²) < 4.78 is 15.5. The number of aryl methyl sites for hydroxylation is 1. The van der Waals surface area contributed by atoms with E-state index in [0.29, 0.717) is 13.0 Å². The minimum absolute atomic E-state index is 0.0812. The van der Waals surface area contributed by atoms with Crippen molar-refractivity contribution in [1.29, 1.82) is 0 Å². The minimum Gasteiger partial charge on any atom is -0.332 e. The Kier molecular flexibility index (Phi) is 3.59. The highest BCUT2D eigenvalue weighted by Gasteiger charge is 2.21. The van der Waals surface area contributed by atoms with Crippen LogP contribution >= 0.6 is 0 Å². The van der Waals surface area contributed by atoms with Crippen LogP contribution in [0.15, 0.2) is 33.8 Å². The van der Waals surface area contributed by atoms with Gasteiger partial charge < -0.3 is 4.90 Å². The van der Waals surface area contributed by atoms with Crippen LogP contribution in [0.1, 0.15) is 16.8 Å². The van der Waals surface area contributed by atoms with Crippen molar-refractivity contribution in [3.8, 4) is 0 Å². The number of carbonyl (C=O) groups excluding carboxylic acids is 1. The second-order valence-electron chi connectivity index (χ2n) is 5.47. The summed E-state index contributed by atoms with van der Waals surface area (Å²) in [5.74, 6) is -0.741. The molecule has 3 heterocycles. The van der Waals surface area contributed by atoms with Gasteiger partial charge in [0.05, 0.1) is 17.5 Å². The third-order valence-electron chi connectivity index (χ3n) is 3.93. The predicted molar refractivity (Wildman–Crippen MR) is 81.9 cm³/mol. The van der Waals surface area contributed by atoms with E-state index in [-0.39, 0.29) is 29.0 Å². The first-order valence-corrected chi connectivity index (χ1v) is 7.09. The van der Waals surface area contributed by atoms with Crippen LogP contribution in [0, 0.1) is 0 Å². The van der Waals surface area contributed by atoms with Gasteiger partial charge in [-0.05, 0) is 18.6 Å². The van der Waals surface area contributed by atoms with Gasteiger partial charge in [-0.1, -0.05) is 0 Å². The summed E-state index contributed by atoms with van der Waals surface area (Å²) in [4.78, 5) is 42.0. The van der Waals surface area contributed by atoms with Crippen LogP contribution in [-0.2, 0) is 14.1 Å². The molecule has 0 saturated carbocycles. The molecule has 1 aliphatic rings. The molecule has 23 heavy (non-hydrogen) atoms. The molecule has 0 atom stereocenters. The van der Waals surface area contributed by atoms with Crippen molar-refractivity contribution >= 4 is 16.9 Å². The molecule has 0 fully saturated rings. The summed E-state index contributed by atoms with van der Waals surface area (Å²) in [6.45, 7) is 0.331. The average molecular weight is 318 g/mol. The molecule has 0 N–H and O–H groups in total. The maximum atomic E-state index is 13.3. The number of hydrogen-bond acceptors (Lipinski definition) is 4. The van der Waals surface area contributed by atoms with Crippen LogP contribution in [-0.4, -0.2) is 38.0 Å². The molecule has 0 aliphatic carbocycles. The normalized spacial score (nSPS) is 14.9. The van der Waals surface area contributed by atoms with Crippen molar-refractivity contribution in [2.45, 2.75) is 6.42 Å². The predicted octanol–water partition coefficient (Wildman–Crippen LogP) is 0.331. The number of hydrogen-bond donors (Lipinski definition) is 0. The molecule has 2 aromatic heterocycles. The van der Waals surface area contributed by atoms with E-state index in [4.69, 9.17) is 0 Å². The van der Waals surface area contributed by atoms with Gasteiger partial charge in [-0.25, -0.2) is 14.2 Å². The van der Waals surface area contributed by atoms with Crippen LogP contribution in [0.5, 0.6) is 0 Å². The molecule has 120 valence electrons. The van der Waals surface area contributed by atoms with Gasteiger partial charge in [0.1, 0.15) is 11.5 Å². The monoisotopic (exact) mass is 318 g/mol. The first-order valence-electron chi connectivity index (χ1n) is 7.09. The average Bonchev–Trinajstić information content (AvgIpc) is 2.57. The second kappa shape index (κ2) is 5.45. The Morgan fingerprint density at radius 1 is 1.26 bits per heavy atom. The Hall–Kier alpha value is -2.77. The molecule has 8 heteroatoms. The van der Waals surface area contributed by atoms with Crippen LogP contribution < -0.4 is 11.2 Å². The molecule has 0 spiro atoms. The smallest absolute Gasteiger partial charge is 0.332 e. The van der Waals surface area contributed by atoms with Gasteiger partial charge in [0.2, 0.25) is 0 Å². The first-order chi connectivity index (χ1) is 10.9. The Balaban J connectivity index is 2.11. The molecule has 0 bridgehead atoms. The third-order valence-corrected chi connectivity index (χ3v) is 3.93. The van der Waals surface area contributed by atoms with E-state index in [1.54, 1.807) is 0 Å². The first kappa shape index (κ1) is 15.1. The van der Waals surface area contributed by atoms with Gasteiger partial charge in [0.25, 0.3) is 11.5 Å². The summed E-state index contributed by atoms with van der Waals surface area (Å²) in [6.07, 6.45) is 3.21. The lowest BCUT2D eigenvalue weighted by molar-refractivity contribution is 0.0755. The fourth-order valence-corrected chi connectivity index (χ4v) is 2.64. The summed E-state index contributed by atoms with van der Waals surface area (Å²) in [5.41, 5.74) is -0.602. The largest absolute Gasteiger partial charge is 0.332 e. The van der Waals surface area contributed by atoms with Crippen molar-refractivity contribution in [2.24, 2.45) is 14.1 Å². The van der Waals surface area contributed by atoms with Crippen molar-refractivity contribution in [1.82, 2.24) is 19.0 Å². The number of aromatic nitrogens is 3. The maximum Gasteiger partial charge on any atom is 0.332 e. The van der Waals surface area contributed by atoms with E-state index in [2.05, 4.69) is 4.98 Å². The molecule has 1 amide bonds. The standard InChI is InChI=1S/C15H15FN4O3/c1-18-12-11(14(22)19(2)15(18)23)6-9(7-17-12)13(21)20-5-3-4-10(16)8-20/h4,6-7H,3,5,8H2,1-2H3. The van der Waals surface area contributed by atoms with Gasteiger partial charge in [-0.3, -0.25) is 18.7 Å². The van der Waals surface area contributed by atoms with Crippen LogP contribution in [0.3, 0.4) is 0 Å². The summed E-state index contributed by atoms with van der Waals surface area (Å²) in [7, 11) is 2.87. The Morgan fingerprint density at radius 3 is 2.70 bits per heavy atom. The number of rotatable bonds is 1. The van der Waals surface area contributed by atoms with E-state index < -0.39 is 17.2 Å². The van der Waals surface area contributed by atoms with Crippen molar-refractivity contribution in [2.75, 3.05) is 13.1 Å². The number of halogens is 1. The van der Waals surface area contributed by atoms with Crippen LogP contribution in [0.2, 0.25) is 0 Å². The number of nitrogens with zero attached hydrogens (tertiary/aromatic N) is 4. The third kappa shape index (κ3) is 2.45. The fraction of sp³-hybridized carbons (Fsp3) is 0.333. The van der Waals surface area contributed by atoms with E-state index in [1.165, 1.54) is 41.9 Å². The number of amides is 1. The van der Waals surface area contributed by atoms with E-state index in [1.807, 2.05) is 0 Å². The molecule has 0 radical (unpaired) electrons. The van der Waals surface area contributed by atoms with Crippen LogP contribution in [0.4, 0.5) is 4.39 Å². The van der Waals surface area contributed by atoms with Gasteiger partial charge in [0.15, 0.2) is 0 Å². The topological polar surface area (TPSA) is 77.2 Å². The highest BCUT2D eigenvalue weighted by Crippen LogP contribution is 2.15. The molecule has 7 nitrogen and oxygen atoms in total. The van der Waals surface area contributed by atoms with Crippen molar-refractivity contribution in [3.05, 3.63) is 50.6 Å².